The van der Waals surface area contributed by atoms with Gasteiger partial charge in [-0.1, -0.05) is 11.6 Å². The molecule has 2 nitrogen and oxygen atoms in total. The average molecular weight is 392 g/mol. The number of nitrogens with zero attached hydrogens (tertiary/aromatic N) is 2. The Kier molecular flexibility index (Phi) is 3.90. The van der Waals surface area contributed by atoms with Crippen LogP contribution in [0.25, 0.3) is 16.7 Å². The molecule has 0 aliphatic carbocycles. The molecule has 0 unspecified atom stereocenters. The summed E-state index contributed by atoms with van der Waals surface area (Å²) in [5.74, 6) is -1.43. The van der Waals surface area contributed by atoms with Gasteiger partial charge in [-0.25, -0.2) is 13.8 Å². The SMILES string of the molecule is Fc1ccc2nc(CCl)n(-c3ccc(Br)c(Cl)c3)c2c1F. The van der Waals surface area contributed by atoms with Crippen LogP contribution in [-0.2, 0) is 5.88 Å². The first-order chi connectivity index (χ1) is 10.0. The van der Waals surface area contributed by atoms with Crippen molar-refractivity contribution in [1.82, 2.24) is 9.55 Å². The van der Waals surface area contributed by atoms with Gasteiger partial charge >= 0.3 is 0 Å². The second kappa shape index (κ2) is 5.55. The number of rotatable bonds is 2. The van der Waals surface area contributed by atoms with Gasteiger partial charge in [0.2, 0.25) is 0 Å². The summed E-state index contributed by atoms with van der Waals surface area (Å²) in [7, 11) is 0. The van der Waals surface area contributed by atoms with Crippen LogP contribution in [-0.4, -0.2) is 9.55 Å². The monoisotopic (exact) mass is 390 g/mol. The number of halogens is 5. The van der Waals surface area contributed by atoms with E-state index in [-0.39, 0.29) is 11.4 Å². The maximum absolute atomic E-state index is 14.2. The number of fused-ring (bicyclic) bond motifs is 1. The molecule has 0 saturated carbocycles. The molecule has 0 fully saturated rings. The molecule has 1 heterocycles. The number of hydrogen-bond donors (Lipinski definition) is 0. The number of aromatic nitrogens is 2. The largest absolute Gasteiger partial charge is 0.292 e. The molecule has 7 heteroatoms. The first kappa shape index (κ1) is 14.8. The molecule has 3 aromatic rings. The lowest BCUT2D eigenvalue weighted by Gasteiger charge is -2.09. The molecule has 0 spiro atoms. The Bertz CT molecular complexity index is 849. The molecule has 108 valence electrons. The zero-order chi connectivity index (χ0) is 15.1. The van der Waals surface area contributed by atoms with Gasteiger partial charge in [0.05, 0.1) is 16.4 Å². The third-order valence-electron chi connectivity index (χ3n) is 3.06. The van der Waals surface area contributed by atoms with Crippen molar-refractivity contribution in [2.75, 3.05) is 0 Å². The van der Waals surface area contributed by atoms with E-state index < -0.39 is 11.6 Å². The highest BCUT2D eigenvalue weighted by Gasteiger charge is 2.18. The van der Waals surface area contributed by atoms with Gasteiger partial charge in [-0.2, -0.15) is 0 Å². The highest BCUT2D eigenvalue weighted by molar-refractivity contribution is 9.10. The first-order valence-electron chi connectivity index (χ1n) is 5.89. The summed E-state index contributed by atoms with van der Waals surface area (Å²) in [6.07, 6.45) is 0. The second-order valence-electron chi connectivity index (χ2n) is 4.32. The number of imidazole rings is 1. The van der Waals surface area contributed by atoms with Crippen LogP contribution in [0.4, 0.5) is 8.78 Å². The van der Waals surface area contributed by atoms with Gasteiger partial charge in [-0.3, -0.25) is 4.57 Å². The molecule has 0 N–H and O–H groups in total. The van der Waals surface area contributed by atoms with Crippen LogP contribution in [0, 0.1) is 11.6 Å². The summed E-state index contributed by atoms with van der Waals surface area (Å²) in [5.41, 5.74) is 0.943. The summed E-state index contributed by atoms with van der Waals surface area (Å²) in [5, 5.41) is 0.451. The molecule has 0 aliphatic heterocycles. The predicted octanol–water partition coefficient (Wildman–Crippen LogP) is 5.46. The van der Waals surface area contributed by atoms with Crippen LogP contribution in [0.1, 0.15) is 5.82 Å². The minimum atomic E-state index is -0.963. The van der Waals surface area contributed by atoms with Crippen molar-refractivity contribution in [2.24, 2.45) is 0 Å². The van der Waals surface area contributed by atoms with Crippen molar-refractivity contribution in [2.45, 2.75) is 5.88 Å². The zero-order valence-corrected chi connectivity index (χ0v) is 13.5. The Balaban J connectivity index is 2.39. The smallest absolute Gasteiger partial charge is 0.185 e. The molecule has 21 heavy (non-hydrogen) atoms. The molecule has 0 radical (unpaired) electrons. The minimum absolute atomic E-state index is 0.0454. The molecule has 0 atom stereocenters. The van der Waals surface area contributed by atoms with Crippen molar-refractivity contribution < 1.29 is 8.78 Å². The Morgan fingerprint density at radius 3 is 2.62 bits per heavy atom. The first-order valence-corrected chi connectivity index (χ1v) is 7.60. The van der Waals surface area contributed by atoms with Gasteiger partial charge in [-0.05, 0) is 46.3 Å². The summed E-state index contributed by atoms with van der Waals surface area (Å²) in [4.78, 5) is 4.23. The zero-order valence-electron chi connectivity index (χ0n) is 10.4. The van der Waals surface area contributed by atoms with E-state index in [9.17, 15) is 8.78 Å². The van der Waals surface area contributed by atoms with Crippen LogP contribution in [0.15, 0.2) is 34.8 Å². The van der Waals surface area contributed by atoms with Crippen LogP contribution < -0.4 is 0 Å². The van der Waals surface area contributed by atoms with Crippen molar-refractivity contribution in [3.63, 3.8) is 0 Å². The van der Waals surface area contributed by atoms with E-state index in [1.165, 1.54) is 10.6 Å². The normalized spacial score (nSPS) is 11.3. The van der Waals surface area contributed by atoms with E-state index in [4.69, 9.17) is 23.2 Å². The van der Waals surface area contributed by atoms with E-state index in [2.05, 4.69) is 20.9 Å². The standard InChI is InChI=1S/C14H7BrCl2F2N2/c15-8-2-1-7(5-9(8)17)21-12(6-16)20-11-4-3-10(18)13(19)14(11)21/h1-5H,6H2. The summed E-state index contributed by atoms with van der Waals surface area (Å²) in [6, 6.07) is 7.53. The Hall–Kier alpha value is -1.17. The van der Waals surface area contributed by atoms with Gasteiger partial charge in [0.1, 0.15) is 11.3 Å². The van der Waals surface area contributed by atoms with E-state index in [1.807, 2.05) is 0 Å². The van der Waals surface area contributed by atoms with Crippen molar-refractivity contribution in [1.29, 1.82) is 0 Å². The molecule has 3 rings (SSSR count). The molecule has 0 saturated heterocycles. The molecule has 1 aromatic heterocycles. The highest BCUT2D eigenvalue weighted by Crippen LogP contribution is 2.30. The van der Waals surface area contributed by atoms with Gasteiger partial charge in [0.15, 0.2) is 11.6 Å². The van der Waals surface area contributed by atoms with Gasteiger partial charge in [0.25, 0.3) is 0 Å². The van der Waals surface area contributed by atoms with Crippen LogP contribution in [0.2, 0.25) is 5.02 Å². The second-order valence-corrected chi connectivity index (χ2v) is 5.85. The third-order valence-corrected chi connectivity index (χ3v) is 4.53. The third kappa shape index (κ3) is 2.43. The lowest BCUT2D eigenvalue weighted by Crippen LogP contribution is -2.01. The van der Waals surface area contributed by atoms with E-state index >= 15 is 0 Å². The Morgan fingerprint density at radius 2 is 1.95 bits per heavy atom. The van der Waals surface area contributed by atoms with Crippen molar-refractivity contribution >= 4 is 50.2 Å². The molecule has 0 aliphatic rings. The van der Waals surface area contributed by atoms with Crippen LogP contribution >= 0.6 is 39.1 Å². The number of benzene rings is 2. The van der Waals surface area contributed by atoms with Gasteiger partial charge in [0, 0.05) is 10.2 Å². The topological polar surface area (TPSA) is 17.8 Å². The van der Waals surface area contributed by atoms with Crippen LogP contribution in [0.3, 0.4) is 0 Å². The molecule has 0 amide bonds. The summed E-state index contributed by atoms with van der Waals surface area (Å²) in [6.45, 7) is 0. The lowest BCUT2D eigenvalue weighted by molar-refractivity contribution is 0.514. The van der Waals surface area contributed by atoms with Gasteiger partial charge in [-0.15, -0.1) is 11.6 Å². The Labute approximate surface area is 137 Å². The van der Waals surface area contributed by atoms with E-state index in [1.54, 1.807) is 18.2 Å². The fraction of sp³-hybridized carbons (Fsp3) is 0.0714. The average Bonchev–Trinajstić information content (AvgIpc) is 2.85. The number of hydrogen-bond acceptors (Lipinski definition) is 1. The van der Waals surface area contributed by atoms with Crippen LogP contribution in [0.5, 0.6) is 0 Å². The summed E-state index contributed by atoms with van der Waals surface area (Å²) < 4.78 is 29.8. The maximum atomic E-state index is 14.2. The highest BCUT2D eigenvalue weighted by atomic mass is 79.9. The number of alkyl halides is 1. The maximum Gasteiger partial charge on any atom is 0.185 e. The van der Waals surface area contributed by atoms with E-state index in [0.29, 0.717) is 26.5 Å². The van der Waals surface area contributed by atoms with Crippen molar-refractivity contribution in [3.05, 3.63) is 57.3 Å². The molecular weight excluding hydrogens is 385 g/mol. The molecule has 2 aromatic carbocycles. The quantitative estimate of drug-likeness (QED) is 0.530. The van der Waals surface area contributed by atoms with E-state index in [0.717, 1.165) is 6.07 Å². The lowest BCUT2D eigenvalue weighted by atomic mass is 10.2. The minimum Gasteiger partial charge on any atom is -0.292 e. The molecule has 0 bridgehead atoms. The predicted molar refractivity (Wildman–Crippen MR) is 83.3 cm³/mol. The summed E-state index contributed by atoms with van der Waals surface area (Å²) >= 11 is 15.2. The fourth-order valence-corrected chi connectivity index (χ4v) is 2.74. The van der Waals surface area contributed by atoms with Crippen molar-refractivity contribution in [3.8, 4) is 5.69 Å². The molecular formula is C14H7BrCl2F2N2. The van der Waals surface area contributed by atoms with Gasteiger partial charge < -0.3 is 0 Å². The Morgan fingerprint density at radius 1 is 1.19 bits per heavy atom. The fourth-order valence-electron chi connectivity index (χ4n) is 2.14.